The molecule has 0 spiro atoms. The summed E-state index contributed by atoms with van der Waals surface area (Å²) in [4.78, 5) is 24.5. The lowest BCUT2D eigenvalue weighted by Gasteiger charge is -2.29. The summed E-state index contributed by atoms with van der Waals surface area (Å²) in [7, 11) is 0. The van der Waals surface area contributed by atoms with E-state index in [2.05, 4.69) is 0 Å². The van der Waals surface area contributed by atoms with Crippen LogP contribution in [-0.4, -0.2) is 18.6 Å². The molecule has 0 atom stereocenters. The third-order valence-corrected chi connectivity index (χ3v) is 3.28. The molecule has 2 aromatic rings. The number of hydrogen-bond acceptors (Lipinski definition) is 4. The first kappa shape index (κ1) is 13.9. The Morgan fingerprint density at radius 2 is 2.00 bits per heavy atom. The molecule has 1 aliphatic rings. The molecule has 1 aliphatic heterocycles. The summed E-state index contributed by atoms with van der Waals surface area (Å²) in [5.41, 5.74) is 6.64. The molecular weight excluding hydrogens is 284 g/mol. The molecule has 0 aromatic heterocycles. The molecule has 2 amide bonds. The van der Waals surface area contributed by atoms with E-state index in [0.29, 0.717) is 18.0 Å². The molecule has 6 nitrogen and oxygen atoms in total. The van der Waals surface area contributed by atoms with Gasteiger partial charge in [-0.15, -0.1) is 0 Å². The van der Waals surface area contributed by atoms with Gasteiger partial charge in [0.25, 0.3) is 5.91 Å². The molecule has 3 rings (SSSR count). The van der Waals surface area contributed by atoms with Crippen LogP contribution in [0.5, 0.6) is 11.5 Å². The van der Waals surface area contributed by atoms with Gasteiger partial charge in [0.2, 0.25) is 0 Å². The summed E-state index contributed by atoms with van der Waals surface area (Å²) < 4.78 is 10.2. The zero-order chi connectivity index (χ0) is 15.5. The number of benzene rings is 2. The molecule has 0 aliphatic carbocycles. The molecule has 6 heteroatoms. The van der Waals surface area contributed by atoms with E-state index in [1.807, 2.05) is 30.3 Å². The number of fused-ring (bicyclic) bond motifs is 1. The maximum absolute atomic E-state index is 12.1. The van der Waals surface area contributed by atoms with Gasteiger partial charge in [0.05, 0.1) is 12.2 Å². The second-order valence-corrected chi connectivity index (χ2v) is 4.80. The molecule has 2 N–H and O–H groups in total. The number of ether oxygens (including phenoxy) is 2. The average molecular weight is 298 g/mol. The average Bonchev–Trinajstić information content (AvgIpc) is 2.50. The van der Waals surface area contributed by atoms with Crippen molar-refractivity contribution in [3.8, 4) is 11.5 Å². The van der Waals surface area contributed by atoms with Gasteiger partial charge in [0.1, 0.15) is 11.5 Å². The standard InChI is InChI=1S/C16H14N2O4/c17-16(20)22-12-6-7-13-14(8-12)21-10-15(19)18(13)9-11-4-2-1-3-5-11/h1-8H,9-10H2,(H2,17,20). The lowest BCUT2D eigenvalue weighted by atomic mass is 10.1. The normalized spacial score (nSPS) is 13.3. The number of primary amides is 1. The van der Waals surface area contributed by atoms with Crippen molar-refractivity contribution in [3.05, 3.63) is 54.1 Å². The third kappa shape index (κ3) is 2.85. The van der Waals surface area contributed by atoms with Crippen LogP contribution in [0, 0.1) is 0 Å². The van der Waals surface area contributed by atoms with E-state index in [1.165, 1.54) is 0 Å². The topological polar surface area (TPSA) is 81.9 Å². The first-order valence-electron chi connectivity index (χ1n) is 6.72. The predicted octanol–water partition coefficient (Wildman–Crippen LogP) is 2.07. The number of carbonyl (C=O) groups excluding carboxylic acids is 2. The van der Waals surface area contributed by atoms with Gasteiger partial charge in [-0.1, -0.05) is 30.3 Å². The molecule has 22 heavy (non-hydrogen) atoms. The molecule has 0 bridgehead atoms. The maximum atomic E-state index is 12.1. The predicted molar refractivity (Wildman–Crippen MR) is 79.8 cm³/mol. The van der Waals surface area contributed by atoms with Gasteiger partial charge in [-0.05, 0) is 17.7 Å². The Morgan fingerprint density at radius 1 is 1.23 bits per heavy atom. The Labute approximate surface area is 127 Å². The van der Waals surface area contributed by atoms with Crippen molar-refractivity contribution in [2.24, 2.45) is 5.73 Å². The fourth-order valence-corrected chi connectivity index (χ4v) is 2.30. The summed E-state index contributed by atoms with van der Waals surface area (Å²) in [5, 5.41) is 0. The van der Waals surface area contributed by atoms with Gasteiger partial charge < -0.3 is 20.1 Å². The van der Waals surface area contributed by atoms with Crippen LogP contribution >= 0.6 is 0 Å². The lowest BCUT2D eigenvalue weighted by Crippen LogP contribution is -2.38. The molecule has 0 fully saturated rings. The van der Waals surface area contributed by atoms with Gasteiger partial charge in [-0.3, -0.25) is 4.79 Å². The summed E-state index contributed by atoms with van der Waals surface area (Å²) in [6.45, 7) is 0.395. The van der Waals surface area contributed by atoms with Crippen LogP contribution in [0.15, 0.2) is 48.5 Å². The molecule has 1 heterocycles. The SMILES string of the molecule is NC(=O)Oc1ccc2c(c1)OCC(=O)N2Cc1ccccc1. The van der Waals surface area contributed by atoms with Crippen molar-refractivity contribution in [1.29, 1.82) is 0 Å². The summed E-state index contributed by atoms with van der Waals surface area (Å²) >= 11 is 0. The number of anilines is 1. The number of nitrogens with two attached hydrogens (primary N) is 1. The van der Waals surface area contributed by atoms with E-state index in [0.717, 1.165) is 5.56 Å². The monoisotopic (exact) mass is 298 g/mol. The quantitative estimate of drug-likeness (QED) is 0.940. The molecule has 2 aromatic carbocycles. The minimum atomic E-state index is -0.895. The van der Waals surface area contributed by atoms with Crippen molar-refractivity contribution in [2.75, 3.05) is 11.5 Å². The van der Waals surface area contributed by atoms with Crippen LogP contribution in [0.25, 0.3) is 0 Å². The Hall–Kier alpha value is -3.02. The van der Waals surface area contributed by atoms with E-state index in [1.54, 1.807) is 23.1 Å². The van der Waals surface area contributed by atoms with Crippen LogP contribution in [0.3, 0.4) is 0 Å². The first-order valence-corrected chi connectivity index (χ1v) is 6.72. The van der Waals surface area contributed by atoms with Gasteiger partial charge >= 0.3 is 6.09 Å². The van der Waals surface area contributed by atoms with Gasteiger partial charge in [-0.2, -0.15) is 0 Å². The fourth-order valence-electron chi connectivity index (χ4n) is 2.30. The van der Waals surface area contributed by atoms with E-state index in [4.69, 9.17) is 15.2 Å². The number of nitrogens with zero attached hydrogens (tertiary/aromatic N) is 1. The highest BCUT2D eigenvalue weighted by atomic mass is 16.5. The Kier molecular flexibility index (Phi) is 3.65. The van der Waals surface area contributed by atoms with Crippen LogP contribution in [0.1, 0.15) is 5.56 Å². The Bertz CT molecular complexity index is 715. The van der Waals surface area contributed by atoms with Crippen molar-refractivity contribution in [1.82, 2.24) is 0 Å². The largest absolute Gasteiger partial charge is 0.481 e. The van der Waals surface area contributed by atoms with Crippen molar-refractivity contribution in [3.63, 3.8) is 0 Å². The van der Waals surface area contributed by atoms with Crippen molar-refractivity contribution in [2.45, 2.75) is 6.54 Å². The van der Waals surface area contributed by atoms with Crippen molar-refractivity contribution >= 4 is 17.7 Å². The van der Waals surface area contributed by atoms with E-state index in [9.17, 15) is 9.59 Å². The zero-order valence-corrected chi connectivity index (χ0v) is 11.7. The smallest absolute Gasteiger partial charge is 0.409 e. The van der Waals surface area contributed by atoms with Crippen LogP contribution < -0.4 is 20.1 Å². The third-order valence-electron chi connectivity index (χ3n) is 3.28. The molecule has 0 radical (unpaired) electrons. The van der Waals surface area contributed by atoms with E-state index >= 15 is 0 Å². The molecular formula is C16H14N2O4. The number of carbonyl (C=O) groups is 2. The maximum Gasteiger partial charge on any atom is 0.409 e. The molecule has 112 valence electrons. The minimum Gasteiger partial charge on any atom is -0.481 e. The summed E-state index contributed by atoms with van der Waals surface area (Å²) in [5.74, 6) is 0.634. The first-order chi connectivity index (χ1) is 10.6. The summed E-state index contributed by atoms with van der Waals surface area (Å²) in [6, 6.07) is 14.5. The highest BCUT2D eigenvalue weighted by molar-refractivity contribution is 5.97. The Morgan fingerprint density at radius 3 is 2.73 bits per heavy atom. The minimum absolute atomic E-state index is 0.0557. The number of amides is 2. The van der Waals surface area contributed by atoms with Crippen LogP contribution in [0.2, 0.25) is 0 Å². The van der Waals surface area contributed by atoms with E-state index < -0.39 is 6.09 Å². The van der Waals surface area contributed by atoms with Crippen molar-refractivity contribution < 1.29 is 19.1 Å². The Balaban J connectivity index is 1.90. The van der Waals surface area contributed by atoms with Crippen LogP contribution in [-0.2, 0) is 11.3 Å². The van der Waals surface area contributed by atoms with Gasteiger partial charge in [0, 0.05) is 6.07 Å². The highest BCUT2D eigenvalue weighted by Gasteiger charge is 2.26. The molecule has 0 unspecified atom stereocenters. The van der Waals surface area contributed by atoms with Gasteiger partial charge in [-0.25, -0.2) is 4.79 Å². The molecule has 0 saturated carbocycles. The second kappa shape index (κ2) is 5.77. The lowest BCUT2D eigenvalue weighted by molar-refractivity contribution is -0.121. The fraction of sp³-hybridized carbons (Fsp3) is 0.125. The second-order valence-electron chi connectivity index (χ2n) is 4.80. The van der Waals surface area contributed by atoms with Gasteiger partial charge in [0.15, 0.2) is 6.61 Å². The van der Waals surface area contributed by atoms with Crippen LogP contribution in [0.4, 0.5) is 10.5 Å². The molecule has 0 saturated heterocycles. The highest BCUT2D eigenvalue weighted by Crippen LogP contribution is 2.36. The van der Waals surface area contributed by atoms with E-state index in [-0.39, 0.29) is 18.3 Å². The zero-order valence-electron chi connectivity index (χ0n) is 11.7. The number of hydrogen-bond donors (Lipinski definition) is 1. The number of rotatable bonds is 3. The summed E-state index contributed by atoms with van der Waals surface area (Å²) in [6.07, 6.45) is -0.895.